The first-order valence-corrected chi connectivity index (χ1v) is 11.0. The summed E-state index contributed by atoms with van der Waals surface area (Å²) < 4.78 is 42.4. The van der Waals surface area contributed by atoms with E-state index in [2.05, 4.69) is 15.3 Å². The molecule has 7 nitrogen and oxygen atoms in total. The van der Waals surface area contributed by atoms with Crippen molar-refractivity contribution in [3.63, 3.8) is 0 Å². The lowest BCUT2D eigenvalue weighted by Crippen LogP contribution is -2.46. The highest BCUT2D eigenvalue weighted by Gasteiger charge is 2.32. The minimum atomic E-state index is -0.871. The van der Waals surface area contributed by atoms with Gasteiger partial charge < -0.3 is 25.6 Å². The van der Waals surface area contributed by atoms with Crippen molar-refractivity contribution in [1.82, 2.24) is 9.97 Å². The van der Waals surface area contributed by atoms with Crippen molar-refractivity contribution in [2.24, 2.45) is 5.73 Å². The summed E-state index contributed by atoms with van der Waals surface area (Å²) in [5.74, 6) is -1.51. The first-order chi connectivity index (χ1) is 16.4. The standard InChI is InChI=1S/C25H24F2N4O3/c1-2-29-23-18-11-19(26)20(17-10-15(32)9-14-5-3-4-6-16(14)17)21(27)22(18)30-24(31-23)34-13-25(28)7-8-33-12-25/h3-6,9-11,32H,2,7-8,12-13,28H2,1H3,(H,29,30,31). The molecule has 1 aromatic heterocycles. The van der Waals surface area contributed by atoms with E-state index >= 15 is 8.78 Å². The number of rotatable bonds is 6. The van der Waals surface area contributed by atoms with Crippen molar-refractivity contribution in [1.29, 1.82) is 0 Å². The van der Waals surface area contributed by atoms with E-state index in [1.165, 1.54) is 12.1 Å². The molecule has 0 bridgehead atoms. The average molecular weight is 466 g/mol. The number of phenolic OH excluding ortho intramolecular Hbond substituents is 1. The van der Waals surface area contributed by atoms with Crippen LogP contribution >= 0.6 is 0 Å². The minimum absolute atomic E-state index is 0.0719. The van der Waals surface area contributed by atoms with Crippen molar-refractivity contribution in [2.75, 3.05) is 31.7 Å². The summed E-state index contributed by atoms with van der Waals surface area (Å²) >= 11 is 0. The Morgan fingerprint density at radius 1 is 1.18 bits per heavy atom. The summed E-state index contributed by atoms with van der Waals surface area (Å²) in [5.41, 5.74) is 5.43. The lowest BCUT2D eigenvalue weighted by atomic mass is 9.96. The van der Waals surface area contributed by atoms with E-state index in [4.69, 9.17) is 15.2 Å². The van der Waals surface area contributed by atoms with Crippen molar-refractivity contribution in [3.8, 4) is 22.9 Å². The van der Waals surface area contributed by atoms with E-state index in [0.717, 1.165) is 0 Å². The Kier molecular flexibility index (Phi) is 5.66. The van der Waals surface area contributed by atoms with Crippen LogP contribution in [0, 0.1) is 11.6 Å². The van der Waals surface area contributed by atoms with E-state index in [0.29, 0.717) is 37.0 Å². The number of aromatic nitrogens is 2. The van der Waals surface area contributed by atoms with Gasteiger partial charge >= 0.3 is 6.01 Å². The number of phenols is 1. The maximum Gasteiger partial charge on any atom is 0.319 e. The molecule has 0 amide bonds. The number of hydrogen-bond donors (Lipinski definition) is 3. The Morgan fingerprint density at radius 3 is 2.76 bits per heavy atom. The van der Waals surface area contributed by atoms with Gasteiger partial charge in [0.25, 0.3) is 0 Å². The first-order valence-electron chi connectivity index (χ1n) is 11.0. The van der Waals surface area contributed by atoms with Gasteiger partial charge in [-0.1, -0.05) is 24.3 Å². The third-order valence-electron chi connectivity index (χ3n) is 5.95. The van der Waals surface area contributed by atoms with Crippen molar-refractivity contribution in [3.05, 3.63) is 54.1 Å². The summed E-state index contributed by atoms with van der Waals surface area (Å²) in [6.07, 6.45) is 0.620. The second kappa shape index (κ2) is 8.66. The van der Waals surface area contributed by atoms with Crippen LogP contribution in [0.2, 0.25) is 0 Å². The third-order valence-corrected chi connectivity index (χ3v) is 5.95. The van der Waals surface area contributed by atoms with Crippen molar-refractivity contribution < 1.29 is 23.4 Å². The molecule has 4 N–H and O–H groups in total. The zero-order valence-corrected chi connectivity index (χ0v) is 18.6. The monoisotopic (exact) mass is 466 g/mol. The molecule has 2 heterocycles. The largest absolute Gasteiger partial charge is 0.508 e. The number of anilines is 1. The van der Waals surface area contributed by atoms with Crippen LogP contribution in [0.5, 0.6) is 11.8 Å². The predicted molar refractivity (Wildman–Crippen MR) is 126 cm³/mol. The predicted octanol–water partition coefficient (Wildman–Crippen LogP) is 4.36. The van der Waals surface area contributed by atoms with E-state index in [1.54, 1.807) is 30.3 Å². The van der Waals surface area contributed by atoms with Gasteiger partial charge in [-0.15, -0.1) is 0 Å². The highest BCUT2D eigenvalue weighted by molar-refractivity contribution is 6.01. The molecule has 0 saturated carbocycles. The molecule has 1 aliphatic rings. The number of nitrogens with zero attached hydrogens (tertiary/aromatic N) is 2. The number of aromatic hydroxyl groups is 1. The third kappa shape index (κ3) is 3.97. The van der Waals surface area contributed by atoms with Gasteiger partial charge in [0.2, 0.25) is 0 Å². The van der Waals surface area contributed by atoms with Crippen LogP contribution in [-0.4, -0.2) is 47.0 Å². The molecule has 9 heteroatoms. The van der Waals surface area contributed by atoms with Gasteiger partial charge in [0.15, 0.2) is 5.82 Å². The molecule has 1 unspecified atom stereocenters. The Balaban J connectivity index is 1.68. The summed E-state index contributed by atoms with van der Waals surface area (Å²) in [6, 6.07) is 11.1. The molecule has 1 fully saturated rings. The number of nitrogens with two attached hydrogens (primary N) is 1. The Hall–Kier alpha value is -3.56. The number of nitrogens with one attached hydrogen (secondary N) is 1. The fourth-order valence-corrected chi connectivity index (χ4v) is 4.24. The van der Waals surface area contributed by atoms with Crippen LogP contribution < -0.4 is 15.8 Å². The quantitative estimate of drug-likeness (QED) is 0.388. The maximum atomic E-state index is 16.0. The molecule has 176 valence electrons. The van der Waals surface area contributed by atoms with Gasteiger partial charge in [0.05, 0.1) is 17.7 Å². The molecular formula is C25H24F2N4O3. The number of fused-ring (bicyclic) bond motifs is 2. The Bertz CT molecular complexity index is 1390. The Labute approximate surface area is 194 Å². The van der Waals surface area contributed by atoms with Gasteiger partial charge in [-0.3, -0.25) is 0 Å². The molecule has 3 aromatic carbocycles. The van der Waals surface area contributed by atoms with Gasteiger partial charge in [0, 0.05) is 18.5 Å². The van der Waals surface area contributed by atoms with Crippen LogP contribution in [0.1, 0.15) is 13.3 Å². The van der Waals surface area contributed by atoms with Crippen LogP contribution in [0.25, 0.3) is 32.8 Å². The molecule has 0 radical (unpaired) electrons. The zero-order valence-electron chi connectivity index (χ0n) is 18.6. The summed E-state index contributed by atoms with van der Waals surface area (Å²) in [5, 5.41) is 14.7. The highest BCUT2D eigenvalue weighted by Crippen LogP contribution is 2.39. The van der Waals surface area contributed by atoms with Crippen LogP contribution in [0.15, 0.2) is 42.5 Å². The van der Waals surface area contributed by atoms with Crippen molar-refractivity contribution >= 4 is 27.5 Å². The molecule has 5 rings (SSSR count). The second-order valence-electron chi connectivity index (χ2n) is 8.50. The normalized spacial score (nSPS) is 18.0. The molecule has 0 spiro atoms. The van der Waals surface area contributed by atoms with Crippen LogP contribution in [-0.2, 0) is 4.74 Å². The van der Waals surface area contributed by atoms with Crippen LogP contribution in [0.3, 0.4) is 0 Å². The number of benzene rings is 3. The fraction of sp³-hybridized carbons (Fsp3) is 0.280. The molecule has 1 saturated heterocycles. The molecule has 34 heavy (non-hydrogen) atoms. The summed E-state index contributed by atoms with van der Waals surface area (Å²) in [7, 11) is 0. The fourth-order valence-electron chi connectivity index (χ4n) is 4.24. The lowest BCUT2D eigenvalue weighted by Gasteiger charge is -2.21. The molecule has 4 aromatic rings. The summed E-state index contributed by atoms with van der Waals surface area (Å²) in [6.45, 7) is 3.30. The van der Waals surface area contributed by atoms with E-state index < -0.39 is 17.2 Å². The SMILES string of the molecule is CCNc1nc(OCC2(N)CCOC2)nc2c(F)c(-c3cc(O)cc4ccccc34)c(F)cc12. The lowest BCUT2D eigenvalue weighted by molar-refractivity contribution is 0.148. The zero-order chi connectivity index (χ0) is 23.9. The van der Waals surface area contributed by atoms with Crippen LogP contribution in [0.4, 0.5) is 14.6 Å². The van der Waals surface area contributed by atoms with Gasteiger partial charge in [0.1, 0.15) is 29.5 Å². The minimum Gasteiger partial charge on any atom is -0.508 e. The van der Waals surface area contributed by atoms with Crippen molar-refractivity contribution in [2.45, 2.75) is 18.9 Å². The highest BCUT2D eigenvalue weighted by atomic mass is 19.1. The van der Waals surface area contributed by atoms with Gasteiger partial charge in [-0.25, -0.2) is 8.78 Å². The number of ether oxygens (including phenoxy) is 2. The number of halogens is 2. The molecular weight excluding hydrogens is 442 g/mol. The Morgan fingerprint density at radius 2 is 2.00 bits per heavy atom. The first kappa shape index (κ1) is 22.2. The smallest absolute Gasteiger partial charge is 0.319 e. The average Bonchev–Trinajstić information content (AvgIpc) is 3.25. The van der Waals surface area contributed by atoms with E-state index in [9.17, 15) is 5.11 Å². The number of hydrogen-bond acceptors (Lipinski definition) is 7. The topological polar surface area (TPSA) is 103 Å². The second-order valence-corrected chi connectivity index (χ2v) is 8.50. The summed E-state index contributed by atoms with van der Waals surface area (Å²) in [4.78, 5) is 8.58. The van der Waals surface area contributed by atoms with E-state index in [-0.39, 0.29) is 46.2 Å². The molecule has 1 aliphatic heterocycles. The molecule has 1 atom stereocenters. The van der Waals surface area contributed by atoms with Gasteiger partial charge in [-0.2, -0.15) is 9.97 Å². The van der Waals surface area contributed by atoms with E-state index in [1.807, 2.05) is 6.92 Å². The molecule has 0 aliphatic carbocycles. The van der Waals surface area contributed by atoms with Gasteiger partial charge in [-0.05, 0) is 47.9 Å². The maximum absolute atomic E-state index is 16.0.